The van der Waals surface area contributed by atoms with Crippen molar-refractivity contribution in [1.82, 2.24) is 0 Å². The van der Waals surface area contributed by atoms with Crippen LogP contribution in [0.3, 0.4) is 0 Å². The van der Waals surface area contributed by atoms with Gasteiger partial charge in [-0.1, -0.05) is 39.5 Å². The van der Waals surface area contributed by atoms with Crippen LogP contribution >= 0.6 is 0 Å². The normalized spacial score (nSPS) is 10.4. The Morgan fingerprint density at radius 2 is 1.29 bits per heavy atom. The molecule has 168 valence electrons. The van der Waals surface area contributed by atoms with Crippen LogP contribution in [-0.4, -0.2) is 25.0 Å². The molecule has 0 radical (unpaired) electrons. The van der Waals surface area contributed by atoms with Gasteiger partial charge < -0.3 is 20.7 Å². The van der Waals surface area contributed by atoms with E-state index in [2.05, 4.69) is 22.9 Å². The lowest BCUT2D eigenvalue weighted by Gasteiger charge is -2.10. The number of hydrogen-bond acceptors (Lipinski definition) is 4. The van der Waals surface area contributed by atoms with Crippen LogP contribution in [0.4, 0.5) is 17.1 Å². The van der Waals surface area contributed by atoms with Crippen LogP contribution in [-0.2, 0) is 9.59 Å². The molecule has 2 aromatic rings. The van der Waals surface area contributed by atoms with E-state index >= 15 is 0 Å². The molecule has 6 nitrogen and oxygen atoms in total. The van der Waals surface area contributed by atoms with Gasteiger partial charge in [-0.3, -0.25) is 9.59 Å². The Bertz CT molecular complexity index is 789. The van der Waals surface area contributed by atoms with Crippen LogP contribution in [0.2, 0.25) is 0 Å². The van der Waals surface area contributed by atoms with E-state index in [0.29, 0.717) is 12.1 Å². The molecule has 0 aliphatic rings. The summed E-state index contributed by atoms with van der Waals surface area (Å²) < 4.78 is 5.76. The van der Waals surface area contributed by atoms with Crippen LogP contribution in [0.15, 0.2) is 48.5 Å². The molecule has 0 fully saturated rings. The maximum Gasteiger partial charge on any atom is 0.243 e. The number of benzene rings is 2. The maximum absolute atomic E-state index is 12.2. The highest BCUT2D eigenvalue weighted by Gasteiger charge is 2.04. The van der Waals surface area contributed by atoms with Gasteiger partial charge in [0.2, 0.25) is 11.8 Å². The van der Waals surface area contributed by atoms with Gasteiger partial charge in [-0.05, 0) is 61.4 Å². The number of anilines is 3. The third kappa shape index (κ3) is 10.0. The minimum Gasteiger partial charge on any atom is -0.494 e. The lowest BCUT2D eigenvalue weighted by molar-refractivity contribution is -0.116. The van der Waals surface area contributed by atoms with E-state index in [1.54, 1.807) is 24.3 Å². The molecule has 0 saturated carbocycles. The van der Waals surface area contributed by atoms with E-state index in [0.717, 1.165) is 36.6 Å². The molecule has 0 unspecified atom stereocenters. The molecule has 0 heterocycles. The highest BCUT2D eigenvalue weighted by molar-refractivity contribution is 5.94. The van der Waals surface area contributed by atoms with Crippen molar-refractivity contribution in [2.75, 3.05) is 29.1 Å². The first-order valence-electron chi connectivity index (χ1n) is 11.3. The summed E-state index contributed by atoms with van der Waals surface area (Å²) in [7, 11) is 0. The molecule has 0 spiro atoms. The van der Waals surface area contributed by atoms with Gasteiger partial charge in [-0.25, -0.2) is 0 Å². The predicted molar refractivity (Wildman–Crippen MR) is 128 cm³/mol. The van der Waals surface area contributed by atoms with E-state index in [1.165, 1.54) is 25.7 Å². The van der Waals surface area contributed by atoms with Crippen molar-refractivity contribution in [3.8, 4) is 5.75 Å². The number of ether oxygens (including phenoxy) is 1. The molecule has 0 saturated heterocycles. The summed E-state index contributed by atoms with van der Waals surface area (Å²) in [6, 6.07) is 14.7. The molecular formula is C25H35N3O3. The van der Waals surface area contributed by atoms with Gasteiger partial charge in [-0.15, -0.1) is 0 Å². The summed E-state index contributed by atoms with van der Waals surface area (Å²) in [5.41, 5.74) is 2.26. The number of nitrogens with one attached hydrogen (secondary N) is 3. The van der Waals surface area contributed by atoms with E-state index in [4.69, 9.17) is 4.74 Å². The van der Waals surface area contributed by atoms with Gasteiger partial charge >= 0.3 is 0 Å². The lowest BCUT2D eigenvalue weighted by Crippen LogP contribution is -2.21. The molecule has 2 amide bonds. The average Bonchev–Trinajstić information content (AvgIpc) is 2.77. The summed E-state index contributed by atoms with van der Waals surface area (Å²) in [6.07, 6.45) is 7.39. The standard InChI is InChI=1S/C25H35N3O3/c1-3-5-6-7-8-18-31-23-16-14-20(15-17-23)26-19-25(30)28-22-12-10-21(11-13-22)27-24(29)9-4-2/h10-17,26H,3-9,18-19H2,1-2H3,(H,27,29)(H,28,30). The zero-order chi connectivity index (χ0) is 22.3. The van der Waals surface area contributed by atoms with Crippen molar-refractivity contribution in [3.05, 3.63) is 48.5 Å². The number of carbonyl (C=O) groups excluding carboxylic acids is 2. The highest BCUT2D eigenvalue weighted by Crippen LogP contribution is 2.17. The Morgan fingerprint density at radius 1 is 0.710 bits per heavy atom. The number of carbonyl (C=O) groups is 2. The second kappa shape index (κ2) is 14.1. The second-order valence-electron chi connectivity index (χ2n) is 7.56. The second-order valence-corrected chi connectivity index (χ2v) is 7.56. The summed E-state index contributed by atoms with van der Waals surface area (Å²) in [4.78, 5) is 23.8. The number of hydrogen-bond donors (Lipinski definition) is 3. The van der Waals surface area contributed by atoms with Gasteiger partial charge in [0.05, 0.1) is 13.2 Å². The quantitative estimate of drug-likeness (QED) is 0.333. The van der Waals surface area contributed by atoms with E-state index in [-0.39, 0.29) is 18.4 Å². The van der Waals surface area contributed by atoms with E-state index in [1.807, 2.05) is 31.2 Å². The Morgan fingerprint density at radius 3 is 1.90 bits per heavy atom. The van der Waals surface area contributed by atoms with Crippen LogP contribution < -0.4 is 20.7 Å². The molecule has 2 aromatic carbocycles. The average molecular weight is 426 g/mol. The molecule has 0 atom stereocenters. The van der Waals surface area contributed by atoms with E-state index < -0.39 is 0 Å². The van der Waals surface area contributed by atoms with Gasteiger partial charge in [0.15, 0.2) is 0 Å². The molecule has 2 rings (SSSR count). The first-order valence-corrected chi connectivity index (χ1v) is 11.3. The Hall–Kier alpha value is -3.02. The Kier molecular flexibility index (Phi) is 11.0. The molecule has 31 heavy (non-hydrogen) atoms. The smallest absolute Gasteiger partial charge is 0.243 e. The third-order valence-electron chi connectivity index (χ3n) is 4.75. The largest absolute Gasteiger partial charge is 0.494 e. The van der Waals surface area contributed by atoms with Crippen molar-refractivity contribution in [2.24, 2.45) is 0 Å². The molecule has 6 heteroatoms. The first kappa shape index (κ1) is 24.3. The van der Waals surface area contributed by atoms with Crippen LogP contribution in [0, 0.1) is 0 Å². The molecule has 0 aromatic heterocycles. The maximum atomic E-state index is 12.2. The van der Waals surface area contributed by atoms with Gasteiger partial charge in [0.1, 0.15) is 5.75 Å². The fraction of sp³-hybridized carbons (Fsp3) is 0.440. The first-order chi connectivity index (χ1) is 15.1. The topological polar surface area (TPSA) is 79.5 Å². The number of unbranched alkanes of at least 4 members (excludes halogenated alkanes) is 4. The summed E-state index contributed by atoms with van der Waals surface area (Å²) in [6.45, 7) is 5.07. The molecule has 3 N–H and O–H groups in total. The van der Waals surface area contributed by atoms with Gasteiger partial charge in [0.25, 0.3) is 0 Å². The van der Waals surface area contributed by atoms with Crippen LogP contribution in [0.1, 0.15) is 58.8 Å². The van der Waals surface area contributed by atoms with Crippen molar-refractivity contribution in [3.63, 3.8) is 0 Å². The van der Waals surface area contributed by atoms with Crippen LogP contribution in [0.25, 0.3) is 0 Å². The molecule has 0 aliphatic carbocycles. The van der Waals surface area contributed by atoms with Crippen LogP contribution in [0.5, 0.6) is 5.75 Å². The lowest BCUT2D eigenvalue weighted by atomic mass is 10.2. The summed E-state index contributed by atoms with van der Waals surface area (Å²) in [5, 5.41) is 8.77. The minimum absolute atomic E-state index is 0.00752. The molecular weight excluding hydrogens is 390 g/mol. The van der Waals surface area contributed by atoms with Gasteiger partial charge in [-0.2, -0.15) is 0 Å². The zero-order valence-electron chi connectivity index (χ0n) is 18.7. The third-order valence-corrected chi connectivity index (χ3v) is 4.75. The summed E-state index contributed by atoms with van der Waals surface area (Å²) >= 11 is 0. The molecule has 0 bridgehead atoms. The minimum atomic E-state index is -0.143. The zero-order valence-corrected chi connectivity index (χ0v) is 18.7. The molecule has 0 aliphatic heterocycles. The highest BCUT2D eigenvalue weighted by atomic mass is 16.5. The SMILES string of the molecule is CCCCCCCOc1ccc(NCC(=O)Nc2ccc(NC(=O)CCC)cc2)cc1. The predicted octanol–water partition coefficient (Wildman–Crippen LogP) is 5.83. The van der Waals surface area contributed by atoms with Crippen molar-refractivity contribution >= 4 is 28.9 Å². The monoisotopic (exact) mass is 425 g/mol. The number of amides is 2. The Balaban J connectivity index is 1.68. The summed E-state index contributed by atoms with van der Waals surface area (Å²) in [5.74, 6) is 0.693. The number of rotatable bonds is 14. The van der Waals surface area contributed by atoms with E-state index in [9.17, 15) is 9.59 Å². The fourth-order valence-corrected chi connectivity index (χ4v) is 3.04. The fourth-order valence-electron chi connectivity index (χ4n) is 3.04. The van der Waals surface area contributed by atoms with Crippen molar-refractivity contribution < 1.29 is 14.3 Å². The van der Waals surface area contributed by atoms with Crippen molar-refractivity contribution in [1.29, 1.82) is 0 Å². The Labute approximate surface area is 185 Å². The van der Waals surface area contributed by atoms with Gasteiger partial charge in [0, 0.05) is 23.5 Å². The van der Waals surface area contributed by atoms with Crippen molar-refractivity contribution in [2.45, 2.75) is 58.8 Å².